The van der Waals surface area contributed by atoms with Gasteiger partial charge >= 0.3 is 6.18 Å². The third kappa shape index (κ3) is 2.94. The number of benzene rings is 1. The monoisotopic (exact) mass is 362 g/mol. The van der Waals surface area contributed by atoms with Gasteiger partial charge < -0.3 is 10.6 Å². The van der Waals surface area contributed by atoms with Gasteiger partial charge in [0, 0.05) is 16.6 Å². The van der Waals surface area contributed by atoms with Crippen LogP contribution in [0.3, 0.4) is 0 Å². The SMILES string of the molecule is O=C(Nc1ccc(Br)cc1C(F)(F)F)C1CC2CCC1N2. The Morgan fingerprint density at radius 2 is 2.10 bits per heavy atom. The zero-order valence-electron chi connectivity index (χ0n) is 11.0. The average molecular weight is 363 g/mol. The Morgan fingerprint density at radius 3 is 2.67 bits per heavy atom. The van der Waals surface area contributed by atoms with E-state index in [1.165, 1.54) is 12.1 Å². The molecule has 2 aliphatic rings. The number of carbonyl (C=O) groups is 1. The average Bonchev–Trinajstić information content (AvgIpc) is 3.02. The highest BCUT2D eigenvalue weighted by molar-refractivity contribution is 9.10. The van der Waals surface area contributed by atoms with E-state index in [1.54, 1.807) is 0 Å². The van der Waals surface area contributed by atoms with Crippen molar-refractivity contribution in [1.29, 1.82) is 0 Å². The second-order valence-electron chi connectivity index (χ2n) is 5.57. The maximum Gasteiger partial charge on any atom is 0.418 e. The normalized spacial score (nSPS) is 27.9. The highest BCUT2D eigenvalue weighted by Crippen LogP contribution is 2.38. The molecule has 2 aliphatic heterocycles. The van der Waals surface area contributed by atoms with Crippen molar-refractivity contribution in [2.24, 2.45) is 5.92 Å². The summed E-state index contributed by atoms with van der Waals surface area (Å²) in [5, 5.41) is 5.76. The molecule has 0 saturated carbocycles. The highest BCUT2D eigenvalue weighted by Gasteiger charge is 2.43. The second kappa shape index (κ2) is 5.28. The maximum absolute atomic E-state index is 13.0. The van der Waals surface area contributed by atoms with Gasteiger partial charge in [-0.15, -0.1) is 0 Å². The van der Waals surface area contributed by atoms with Gasteiger partial charge in [0.25, 0.3) is 0 Å². The minimum atomic E-state index is -4.50. The van der Waals surface area contributed by atoms with Crippen molar-refractivity contribution in [2.75, 3.05) is 5.32 Å². The highest BCUT2D eigenvalue weighted by atomic mass is 79.9. The molecule has 0 spiro atoms. The van der Waals surface area contributed by atoms with Crippen LogP contribution < -0.4 is 10.6 Å². The molecule has 1 amide bonds. The van der Waals surface area contributed by atoms with Crippen LogP contribution in [-0.4, -0.2) is 18.0 Å². The molecule has 2 fully saturated rings. The molecule has 21 heavy (non-hydrogen) atoms. The first-order valence-corrected chi connectivity index (χ1v) is 7.57. The van der Waals surface area contributed by atoms with Gasteiger partial charge in [0.1, 0.15) is 0 Å². The third-order valence-corrected chi connectivity index (χ3v) is 4.67. The standard InChI is InChI=1S/C14H14BrF3N2O/c15-7-1-3-12(10(5-7)14(16,17)18)20-13(21)9-6-8-2-4-11(9)19-8/h1,3,5,8-9,11,19H,2,4,6H2,(H,20,21). The van der Waals surface area contributed by atoms with E-state index in [0.29, 0.717) is 16.9 Å². The second-order valence-corrected chi connectivity index (χ2v) is 6.48. The number of carbonyl (C=O) groups excluding carboxylic acids is 1. The van der Waals surface area contributed by atoms with Crippen LogP contribution in [0, 0.1) is 5.92 Å². The zero-order chi connectivity index (χ0) is 15.2. The van der Waals surface area contributed by atoms with Crippen LogP contribution in [0.15, 0.2) is 22.7 Å². The van der Waals surface area contributed by atoms with Crippen LogP contribution in [0.25, 0.3) is 0 Å². The molecule has 114 valence electrons. The topological polar surface area (TPSA) is 41.1 Å². The lowest BCUT2D eigenvalue weighted by atomic mass is 9.88. The summed E-state index contributed by atoms with van der Waals surface area (Å²) in [5.41, 5.74) is -1.01. The van der Waals surface area contributed by atoms with Crippen LogP contribution >= 0.6 is 15.9 Å². The Labute approximate surface area is 128 Å². The van der Waals surface area contributed by atoms with E-state index in [4.69, 9.17) is 0 Å². The number of alkyl halides is 3. The predicted octanol–water partition coefficient (Wildman–Crippen LogP) is 3.55. The predicted molar refractivity (Wildman–Crippen MR) is 75.8 cm³/mol. The molecule has 2 saturated heterocycles. The molecular formula is C14H14BrF3N2O. The van der Waals surface area contributed by atoms with Crippen molar-refractivity contribution in [3.05, 3.63) is 28.2 Å². The van der Waals surface area contributed by atoms with Crippen molar-refractivity contribution in [3.8, 4) is 0 Å². The fraction of sp³-hybridized carbons (Fsp3) is 0.500. The van der Waals surface area contributed by atoms with Gasteiger partial charge in [-0.05, 0) is 37.5 Å². The first-order valence-electron chi connectivity index (χ1n) is 6.78. The smallest absolute Gasteiger partial charge is 0.325 e. The number of rotatable bonds is 2. The minimum absolute atomic E-state index is 0.0970. The number of fused-ring (bicyclic) bond motifs is 2. The summed E-state index contributed by atoms with van der Waals surface area (Å²) in [4.78, 5) is 12.2. The molecule has 3 unspecified atom stereocenters. The lowest BCUT2D eigenvalue weighted by Crippen LogP contribution is -2.33. The molecule has 2 bridgehead atoms. The first-order chi connectivity index (χ1) is 9.84. The fourth-order valence-corrected chi connectivity index (χ4v) is 3.56. The van der Waals surface area contributed by atoms with Crippen LogP contribution in [0.5, 0.6) is 0 Å². The van der Waals surface area contributed by atoms with Crippen molar-refractivity contribution >= 4 is 27.5 Å². The molecule has 1 aromatic carbocycles. The molecule has 3 rings (SSSR count). The van der Waals surface area contributed by atoms with Crippen molar-refractivity contribution in [3.63, 3.8) is 0 Å². The molecule has 0 aromatic heterocycles. The number of amides is 1. The molecule has 3 nitrogen and oxygen atoms in total. The van der Waals surface area contributed by atoms with Gasteiger partial charge in [0.15, 0.2) is 0 Å². The lowest BCUT2D eigenvalue weighted by molar-refractivity contribution is -0.137. The lowest BCUT2D eigenvalue weighted by Gasteiger charge is -2.21. The number of hydrogen-bond donors (Lipinski definition) is 2. The van der Waals surface area contributed by atoms with Crippen LogP contribution in [0.2, 0.25) is 0 Å². The summed E-state index contributed by atoms with van der Waals surface area (Å²) in [6.07, 6.45) is -1.84. The molecule has 3 atom stereocenters. The third-order valence-electron chi connectivity index (χ3n) is 4.18. The summed E-state index contributed by atoms with van der Waals surface area (Å²) in [6, 6.07) is 4.18. The van der Waals surface area contributed by atoms with E-state index in [2.05, 4.69) is 26.6 Å². The summed E-state index contributed by atoms with van der Waals surface area (Å²) >= 11 is 3.03. The van der Waals surface area contributed by atoms with Gasteiger partial charge in [-0.2, -0.15) is 13.2 Å². The Morgan fingerprint density at radius 1 is 1.33 bits per heavy atom. The van der Waals surface area contributed by atoms with Gasteiger partial charge in [0.05, 0.1) is 17.2 Å². The molecule has 0 radical (unpaired) electrons. The summed E-state index contributed by atoms with van der Waals surface area (Å²) in [6.45, 7) is 0. The zero-order valence-corrected chi connectivity index (χ0v) is 12.6. The Kier molecular flexibility index (Phi) is 3.73. The number of halogens is 4. The molecule has 1 aromatic rings. The molecule has 0 aliphatic carbocycles. The molecule has 2 N–H and O–H groups in total. The van der Waals surface area contributed by atoms with E-state index in [-0.39, 0.29) is 23.6 Å². The van der Waals surface area contributed by atoms with Gasteiger partial charge in [-0.25, -0.2) is 0 Å². The number of hydrogen-bond acceptors (Lipinski definition) is 2. The van der Waals surface area contributed by atoms with Crippen molar-refractivity contribution in [1.82, 2.24) is 5.32 Å². The molecule has 7 heteroatoms. The van der Waals surface area contributed by atoms with Gasteiger partial charge in [0.2, 0.25) is 5.91 Å². The van der Waals surface area contributed by atoms with Crippen LogP contribution in [-0.2, 0) is 11.0 Å². The van der Waals surface area contributed by atoms with E-state index in [0.717, 1.165) is 18.9 Å². The molecular weight excluding hydrogens is 349 g/mol. The summed E-state index contributed by atoms with van der Waals surface area (Å²) in [5.74, 6) is -0.573. The van der Waals surface area contributed by atoms with E-state index >= 15 is 0 Å². The van der Waals surface area contributed by atoms with Crippen LogP contribution in [0.4, 0.5) is 18.9 Å². The van der Waals surface area contributed by atoms with E-state index in [1.807, 2.05) is 0 Å². The number of nitrogens with one attached hydrogen (secondary N) is 2. The molecule has 2 heterocycles. The quantitative estimate of drug-likeness (QED) is 0.844. The van der Waals surface area contributed by atoms with Gasteiger partial charge in [-0.1, -0.05) is 15.9 Å². The summed E-state index contributed by atoms with van der Waals surface area (Å²) < 4.78 is 39.4. The first kappa shape index (κ1) is 14.8. The van der Waals surface area contributed by atoms with Crippen LogP contribution in [0.1, 0.15) is 24.8 Å². The van der Waals surface area contributed by atoms with Crippen molar-refractivity contribution in [2.45, 2.75) is 37.5 Å². The fourth-order valence-electron chi connectivity index (χ4n) is 3.20. The Bertz CT molecular complexity index is 576. The van der Waals surface area contributed by atoms with Crippen molar-refractivity contribution < 1.29 is 18.0 Å². The largest absolute Gasteiger partial charge is 0.418 e. The van der Waals surface area contributed by atoms with E-state index < -0.39 is 11.7 Å². The van der Waals surface area contributed by atoms with Gasteiger partial charge in [-0.3, -0.25) is 4.79 Å². The Hall–Kier alpha value is -1.08. The maximum atomic E-state index is 13.0. The Balaban J connectivity index is 1.80. The minimum Gasteiger partial charge on any atom is -0.325 e. The van der Waals surface area contributed by atoms with E-state index in [9.17, 15) is 18.0 Å². The summed E-state index contributed by atoms with van der Waals surface area (Å²) in [7, 11) is 0. The number of anilines is 1.